The van der Waals surface area contributed by atoms with Crippen molar-refractivity contribution < 1.29 is 13.9 Å². The molecule has 1 aliphatic carbocycles. The first-order chi connectivity index (χ1) is 20.8. The average Bonchev–Trinajstić information content (AvgIpc) is 3.53. The summed E-state index contributed by atoms with van der Waals surface area (Å²) < 4.78 is 27.7. The predicted octanol–water partition coefficient (Wildman–Crippen LogP) is 4.88. The zero-order valence-electron chi connectivity index (χ0n) is 24.9. The fourth-order valence-electron chi connectivity index (χ4n) is 8.56. The minimum absolute atomic E-state index is 0.281. The van der Waals surface area contributed by atoms with Crippen molar-refractivity contribution >= 4 is 11.5 Å². The van der Waals surface area contributed by atoms with E-state index in [1.54, 1.807) is 0 Å². The molecule has 0 saturated carbocycles. The topological polar surface area (TPSA) is 124 Å². The summed E-state index contributed by atoms with van der Waals surface area (Å²) in [4.78, 5) is 14.5. The molecule has 5 aliphatic rings. The van der Waals surface area contributed by atoms with E-state index in [0.29, 0.717) is 62.2 Å². The Labute approximate surface area is 252 Å². The number of ether oxygens (including phenoxy) is 2. The molecule has 4 aliphatic heterocycles. The number of fused-ring (bicyclic) bond motifs is 4. The first kappa shape index (κ1) is 28.3. The highest BCUT2D eigenvalue weighted by Gasteiger charge is 2.50. The molecule has 0 unspecified atom stereocenters. The normalized spacial score (nSPS) is 31.6. The lowest BCUT2D eigenvalue weighted by Crippen LogP contribution is -2.44. The van der Waals surface area contributed by atoms with Crippen molar-refractivity contribution in [1.82, 2.24) is 14.9 Å². The number of anilines is 2. The van der Waals surface area contributed by atoms with Crippen LogP contribution in [0.5, 0.6) is 6.01 Å². The second-order valence-corrected chi connectivity index (χ2v) is 13.4. The number of nitrogen functional groups attached to an aromatic ring is 1. The molecule has 226 valence electrons. The van der Waals surface area contributed by atoms with Gasteiger partial charge in [0, 0.05) is 55.7 Å². The molecule has 0 bridgehead atoms. The fraction of sp³-hybridized carbons (Fsp3) is 0.636. The van der Waals surface area contributed by atoms with E-state index in [1.807, 2.05) is 12.1 Å². The number of nitriles is 2. The Kier molecular flexibility index (Phi) is 7.18. The third-order valence-corrected chi connectivity index (χ3v) is 10.8. The van der Waals surface area contributed by atoms with E-state index < -0.39 is 11.8 Å². The van der Waals surface area contributed by atoms with Crippen LogP contribution < -0.4 is 15.4 Å². The maximum absolute atomic E-state index is 14.5. The first-order valence-corrected chi connectivity index (χ1v) is 15.9. The SMILES string of the molecule is C[C@H]1CC[C@]2(Cc3nc(OC[C@@]45CCCN4C[C@H](F)C5)nc(N4CCC[C@@H](CC#N)C4)c3CO2)c2c1ccc(N)c2C#N. The number of alkyl halides is 1. The monoisotopic (exact) mass is 585 g/mol. The summed E-state index contributed by atoms with van der Waals surface area (Å²) in [6, 6.07) is 8.91. The van der Waals surface area contributed by atoms with E-state index in [0.717, 1.165) is 86.4 Å². The molecule has 3 saturated heterocycles. The molecule has 5 heterocycles. The van der Waals surface area contributed by atoms with Crippen LogP contribution in [0.1, 0.15) is 92.2 Å². The van der Waals surface area contributed by atoms with Crippen LogP contribution in [0.25, 0.3) is 0 Å². The lowest BCUT2D eigenvalue weighted by Gasteiger charge is -2.45. The minimum atomic E-state index is -0.832. The molecule has 0 radical (unpaired) electrons. The third kappa shape index (κ3) is 4.80. The highest BCUT2D eigenvalue weighted by Crippen LogP contribution is 2.51. The number of piperidine rings is 1. The summed E-state index contributed by atoms with van der Waals surface area (Å²) >= 11 is 0. The minimum Gasteiger partial charge on any atom is -0.461 e. The van der Waals surface area contributed by atoms with Gasteiger partial charge in [0.15, 0.2) is 0 Å². The van der Waals surface area contributed by atoms with E-state index in [2.05, 4.69) is 28.9 Å². The molecule has 5 atom stereocenters. The quantitative estimate of drug-likeness (QED) is 0.489. The standard InChI is InChI=1S/C33H40FN7O2/c1-21-7-10-33(29-24(21)5-6-27(37)25(29)16-36)15-28-26(19-43-33)30(40-12-2-4-22(17-40)8-11-35)39-31(38-28)42-20-32-9-3-13-41(32)18-23(34)14-32/h5-6,21-23H,2-4,7-10,12-15,17-20,37H2,1H3/t21-,22-,23+,32-,33-/m0/s1. The van der Waals surface area contributed by atoms with Gasteiger partial charge in [0.2, 0.25) is 0 Å². The lowest BCUT2D eigenvalue weighted by molar-refractivity contribution is -0.0873. The lowest BCUT2D eigenvalue weighted by atomic mass is 9.69. The molecule has 7 rings (SSSR count). The number of halogens is 1. The van der Waals surface area contributed by atoms with Gasteiger partial charge in [0.1, 0.15) is 30.3 Å². The Hall–Kier alpha value is -3.47. The molecule has 43 heavy (non-hydrogen) atoms. The molecular weight excluding hydrogens is 545 g/mol. The van der Waals surface area contributed by atoms with Gasteiger partial charge in [-0.1, -0.05) is 13.0 Å². The first-order valence-electron chi connectivity index (χ1n) is 15.9. The van der Waals surface area contributed by atoms with Crippen molar-refractivity contribution in [2.75, 3.05) is 43.4 Å². The van der Waals surface area contributed by atoms with Crippen LogP contribution in [0, 0.1) is 28.6 Å². The van der Waals surface area contributed by atoms with Crippen LogP contribution in [0.3, 0.4) is 0 Å². The molecule has 2 N–H and O–H groups in total. The number of nitrogens with zero attached hydrogens (tertiary/aromatic N) is 6. The van der Waals surface area contributed by atoms with Gasteiger partial charge in [-0.25, -0.2) is 4.39 Å². The van der Waals surface area contributed by atoms with Crippen LogP contribution in [0.4, 0.5) is 15.9 Å². The highest BCUT2D eigenvalue weighted by atomic mass is 19.1. The summed E-state index contributed by atoms with van der Waals surface area (Å²) in [5, 5.41) is 19.6. The summed E-state index contributed by atoms with van der Waals surface area (Å²) in [6.45, 7) is 5.83. The van der Waals surface area contributed by atoms with Gasteiger partial charge in [-0.2, -0.15) is 20.5 Å². The van der Waals surface area contributed by atoms with Gasteiger partial charge in [0.25, 0.3) is 0 Å². The summed E-state index contributed by atoms with van der Waals surface area (Å²) in [5.41, 5.74) is 10.1. The van der Waals surface area contributed by atoms with Gasteiger partial charge in [-0.15, -0.1) is 0 Å². The van der Waals surface area contributed by atoms with E-state index in [1.165, 1.54) is 0 Å². The highest BCUT2D eigenvalue weighted by molar-refractivity contribution is 5.64. The summed E-state index contributed by atoms with van der Waals surface area (Å²) in [5.74, 6) is 1.39. The number of benzene rings is 1. The maximum Gasteiger partial charge on any atom is 0.318 e. The number of hydrogen-bond acceptors (Lipinski definition) is 9. The number of nitrogens with two attached hydrogens (primary N) is 1. The maximum atomic E-state index is 14.5. The number of hydrogen-bond donors (Lipinski definition) is 1. The fourth-order valence-corrected chi connectivity index (χ4v) is 8.56. The Morgan fingerprint density at radius 3 is 2.88 bits per heavy atom. The molecule has 2 aromatic rings. The van der Waals surface area contributed by atoms with Crippen molar-refractivity contribution in [3.8, 4) is 18.1 Å². The van der Waals surface area contributed by atoms with Crippen molar-refractivity contribution in [2.24, 2.45) is 5.92 Å². The third-order valence-electron chi connectivity index (χ3n) is 10.8. The van der Waals surface area contributed by atoms with Crippen LogP contribution >= 0.6 is 0 Å². The number of rotatable bonds is 5. The molecular formula is C33H40FN7O2. The van der Waals surface area contributed by atoms with Crippen LogP contribution in [-0.4, -0.2) is 59.4 Å². The molecule has 0 amide bonds. The van der Waals surface area contributed by atoms with E-state index in [-0.39, 0.29) is 11.5 Å². The second-order valence-electron chi connectivity index (χ2n) is 13.4. The zero-order valence-corrected chi connectivity index (χ0v) is 24.9. The van der Waals surface area contributed by atoms with Gasteiger partial charge < -0.3 is 20.1 Å². The molecule has 1 aromatic heterocycles. The second kappa shape index (κ2) is 10.9. The smallest absolute Gasteiger partial charge is 0.318 e. The molecule has 9 nitrogen and oxygen atoms in total. The Morgan fingerprint density at radius 1 is 1.16 bits per heavy atom. The van der Waals surface area contributed by atoms with Gasteiger partial charge >= 0.3 is 6.01 Å². The summed E-state index contributed by atoms with van der Waals surface area (Å²) in [6.07, 6.45) is 6.32. The van der Waals surface area contributed by atoms with Gasteiger partial charge in [-0.05, 0) is 68.5 Å². The molecule has 3 fully saturated rings. The molecule has 1 spiro atoms. The Bertz CT molecular complexity index is 1500. The predicted molar refractivity (Wildman–Crippen MR) is 159 cm³/mol. The van der Waals surface area contributed by atoms with Crippen molar-refractivity contribution in [3.05, 3.63) is 40.1 Å². The zero-order chi connectivity index (χ0) is 29.8. The van der Waals surface area contributed by atoms with Crippen LogP contribution in [0.15, 0.2) is 12.1 Å². The van der Waals surface area contributed by atoms with Crippen LogP contribution in [-0.2, 0) is 23.4 Å². The van der Waals surface area contributed by atoms with Crippen molar-refractivity contribution in [3.63, 3.8) is 0 Å². The average molecular weight is 586 g/mol. The Balaban J connectivity index is 1.27. The van der Waals surface area contributed by atoms with Crippen molar-refractivity contribution in [2.45, 2.75) is 94.5 Å². The molecule has 1 aromatic carbocycles. The summed E-state index contributed by atoms with van der Waals surface area (Å²) in [7, 11) is 0. The van der Waals surface area contributed by atoms with Gasteiger partial charge in [-0.3, -0.25) is 4.90 Å². The van der Waals surface area contributed by atoms with Crippen molar-refractivity contribution in [1.29, 1.82) is 10.5 Å². The van der Waals surface area contributed by atoms with Gasteiger partial charge in [0.05, 0.1) is 29.5 Å². The van der Waals surface area contributed by atoms with E-state index in [9.17, 15) is 14.9 Å². The largest absolute Gasteiger partial charge is 0.461 e. The molecule has 10 heteroatoms. The van der Waals surface area contributed by atoms with E-state index >= 15 is 0 Å². The van der Waals surface area contributed by atoms with Crippen LogP contribution in [0.2, 0.25) is 0 Å². The van der Waals surface area contributed by atoms with E-state index in [4.69, 9.17) is 25.2 Å². The number of aromatic nitrogens is 2. The Morgan fingerprint density at radius 2 is 2.05 bits per heavy atom.